The number of hydrogen-bond acceptors (Lipinski definition) is 5. The van der Waals surface area contributed by atoms with Crippen molar-refractivity contribution in [1.82, 2.24) is 18.6 Å². The molecule has 2 aromatic heterocycles. The van der Waals surface area contributed by atoms with Gasteiger partial charge in [-0.05, 0) is 24.6 Å². The fourth-order valence-corrected chi connectivity index (χ4v) is 4.44. The van der Waals surface area contributed by atoms with Crippen molar-refractivity contribution in [3.05, 3.63) is 71.6 Å². The smallest absolute Gasteiger partial charge is 0.332 e. The van der Waals surface area contributed by atoms with Crippen LogP contribution < -0.4 is 21.7 Å². The second-order valence-electron chi connectivity index (χ2n) is 8.07. The van der Waals surface area contributed by atoms with Crippen LogP contribution >= 0.6 is 11.6 Å². The normalized spacial score (nSPS) is 14.3. The van der Waals surface area contributed by atoms with Crippen LogP contribution in [0, 0.1) is 6.92 Å². The van der Waals surface area contributed by atoms with Crippen LogP contribution in [0.25, 0.3) is 11.0 Å². The number of hydrogen-bond donors (Lipinski definition) is 0. The number of aromatic nitrogens is 3. The molecule has 32 heavy (non-hydrogen) atoms. The Hall–Kier alpha value is -3.33. The Morgan fingerprint density at radius 3 is 2.22 bits per heavy atom. The molecule has 4 rings (SSSR count). The summed E-state index contributed by atoms with van der Waals surface area (Å²) in [6, 6.07) is 6.90. The first-order valence-corrected chi connectivity index (χ1v) is 10.6. The third-order valence-electron chi connectivity index (χ3n) is 6.13. The average molecular weight is 458 g/mol. The van der Waals surface area contributed by atoms with Crippen LogP contribution in [-0.4, -0.2) is 50.7 Å². The number of pyridine rings is 1. The van der Waals surface area contributed by atoms with E-state index in [2.05, 4.69) is 4.90 Å². The first-order chi connectivity index (χ1) is 15.1. The Balaban J connectivity index is 1.72. The molecule has 1 saturated heterocycles. The summed E-state index contributed by atoms with van der Waals surface area (Å²) < 4.78 is 3.38. The van der Waals surface area contributed by atoms with Gasteiger partial charge in [0.1, 0.15) is 5.65 Å². The van der Waals surface area contributed by atoms with E-state index in [0.717, 1.165) is 15.8 Å². The molecule has 1 amide bonds. The number of rotatable bonds is 2. The number of fused-ring (bicyclic) bond motifs is 1. The van der Waals surface area contributed by atoms with Gasteiger partial charge >= 0.3 is 5.69 Å². The Morgan fingerprint density at radius 2 is 1.56 bits per heavy atom. The highest BCUT2D eigenvalue weighted by Gasteiger charge is 2.27. The van der Waals surface area contributed by atoms with E-state index in [9.17, 15) is 19.2 Å². The highest BCUT2D eigenvalue weighted by atomic mass is 35.5. The number of amides is 1. The van der Waals surface area contributed by atoms with Crippen molar-refractivity contribution in [2.24, 2.45) is 21.1 Å². The van der Waals surface area contributed by atoms with E-state index in [4.69, 9.17) is 11.6 Å². The van der Waals surface area contributed by atoms with E-state index < -0.39 is 22.7 Å². The van der Waals surface area contributed by atoms with Gasteiger partial charge < -0.3 is 9.80 Å². The van der Waals surface area contributed by atoms with Crippen molar-refractivity contribution in [2.75, 3.05) is 31.1 Å². The van der Waals surface area contributed by atoms with Gasteiger partial charge in [0.25, 0.3) is 17.0 Å². The highest BCUT2D eigenvalue weighted by Crippen LogP contribution is 2.26. The summed E-state index contributed by atoms with van der Waals surface area (Å²) in [4.78, 5) is 55.0. The zero-order valence-corrected chi connectivity index (χ0v) is 19.1. The fraction of sp³-hybridized carbons (Fsp3) is 0.364. The second-order valence-corrected chi connectivity index (χ2v) is 8.51. The molecule has 9 nitrogen and oxygen atoms in total. The van der Waals surface area contributed by atoms with Gasteiger partial charge in [-0.15, -0.1) is 0 Å². The molecule has 0 radical (unpaired) electrons. The van der Waals surface area contributed by atoms with E-state index in [1.54, 1.807) is 4.90 Å². The number of benzene rings is 1. The largest absolute Gasteiger partial charge is 0.368 e. The molecule has 0 spiro atoms. The van der Waals surface area contributed by atoms with Crippen molar-refractivity contribution < 1.29 is 4.79 Å². The maximum absolute atomic E-state index is 13.4. The third-order valence-corrected chi connectivity index (χ3v) is 6.36. The zero-order chi connectivity index (χ0) is 23.3. The van der Waals surface area contributed by atoms with Crippen LogP contribution in [0.15, 0.2) is 38.6 Å². The van der Waals surface area contributed by atoms with Gasteiger partial charge in [-0.2, -0.15) is 0 Å². The summed E-state index contributed by atoms with van der Waals surface area (Å²) in [5.41, 5.74) is 0.637. The lowest BCUT2D eigenvalue weighted by molar-refractivity contribution is 0.0748. The third kappa shape index (κ3) is 3.42. The van der Waals surface area contributed by atoms with Crippen molar-refractivity contribution in [3.8, 4) is 0 Å². The molecule has 0 unspecified atom stereocenters. The molecule has 3 aromatic rings. The minimum absolute atomic E-state index is 0.0201. The number of anilines is 1. The summed E-state index contributed by atoms with van der Waals surface area (Å²) in [5.74, 6) is -0.397. The van der Waals surface area contributed by atoms with Crippen molar-refractivity contribution in [2.45, 2.75) is 6.92 Å². The first kappa shape index (κ1) is 21.9. The SMILES string of the molecule is Cc1ccc(Cl)cc1N1CCN(C(=O)c2cc(=O)n(C)c3c2c(=O)n(C)c(=O)n3C)CC1. The molecule has 0 N–H and O–H groups in total. The van der Waals surface area contributed by atoms with E-state index >= 15 is 0 Å². The molecule has 0 aliphatic carbocycles. The van der Waals surface area contributed by atoms with Crippen LogP contribution in [-0.2, 0) is 21.1 Å². The number of carbonyl (C=O) groups is 1. The molecule has 1 aliphatic heterocycles. The second kappa shape index (κ2) is 7.98. The minimum atomic E-state index is -0.602. The molecule has 168 valence electrons. The molecule has 1 aromatic carbocycles. The van der Waals surface area contributed by atoms with Crippen LogP contribution in [0.4, 0.5) is 5.69 Å². The number of nitrogens with zero attached hydrogens (tertiary/aromatic N) is 5. The van der Waals surface area contributed by atoms with E-state index in [1.165, 1.54) is 36.3 Å². The van der Waals surface area contributed by atoms with Crippen molar-refractivity contribution in [3.63, 3.8) is 0 Å². The topological polar surface area (TPSA) is 89.6 Å². The molecular formula is C22H24ClN5O4. The van der Waals surface area contributed by atoms with Gasteiger partial charge in [-0.25, -0.2) is 4.79 Å². The summed E-state index contributed by atoms with van der Waals surface area (Å²) in [6.07, 6.45) is 0. The average Bonchev–Trinajstić information content (AvgIpc) is 2.79. The fourth-order valence-electron chi connectivity index (χ4n) is 4.27. The summed E-state index contributed by atoms with van der Waals surface area (Å²) in [5, 5.41) is 0.715. The summed E-state index contributed by atoms with van der Waals surface area (Å²) >= 11 is 6.15. The van der Waals surface area contributed by atoms with Crippen molar-refractivity contribution in [1.29, 1.82) is 0 Å². The molecule has 0 bridgehead atoms. The lowest BCUT2D eigenvalue weighted by Gasteiger charge is -2.37. The molecule has 0 saturated carbocycles. The number of piperazine rings is 1. The van der Waals surface area contributed by atoms with Crippen LogP contribution in [0.3, 0.4) is 0 Å². The lowest BCUT2D eigenvalue weighted by Crippen LogP contribution is -2.49. The van der Waals surface area contributed by atoms with Gasteiger partial charge in [-0.3, -0.25) is 28.1 Å². The quantitative estimate of drug-likeness (QED) is 0.569. The van der Waals surface area contributed by atoms with Gasteiger partial charge in [-0.1, -0.05) is 17.7 Å². The van der Waals surface area contributed by atoms with E-state index in [0.29, 0.717) is 31.2 Å². The molecular weight excluding hydrogens is 434 g/mol. The summed E-state index contributed by atoms with van der Waals surface area (Å²) in [6.45, 7) is 4.04. The van der Waals surface area contributed by atoms with Gasteiger partial charge in [0.2, 0.25) is 0 Å². The van der Waals surface area contributed by atoms with Crippen molar-refractivity contribution >= 4 is 34.2 Å². The van der Waals surface area contributed by atoms with E-state index in [1.807, 2.05) is 25.1 Å². The standard InChI is InChI=1S/C22H24ClN5O4/c1-13-5-6-14(23)11-16(13)27-7-9-28(10-8-27)20(30)15-12-17(29)24(2)19-18(15)21(31)26(4)22(32)25(19)3/h5-6,11-12H,7-10H2,1-4H3. The Morgan fingerprint density at radius 1 is 0.906 bits per heavy atom. The van der Waals surface area contributed by atoms with E-state index in [-0.39, 0.29) is 16.6 Å². The minimum Gasteiger partial charge on any atom is -0.368 e. The maximum Gasteiger partial charge on any atom is 0.332 e. The number of carbonyl (C=O) groups excluding carboxylic acids is 1. The lowest BCUT2D eigenvalue weighted by atomic mass is 10.1. The molecule has 0 atom stereocenters. The first-order valence-electron chi connectivity index (χ1n) is 10.2. The van der Waals surface area contributed by atoms with Gasteiger partial charge in [0.05, 0.1) is 10.9 Å². The predicted molar refractivity (Wildman–Crippen MR) is 124 cm³/mol. The van der Waals surface area contributed by atoms with Crippen LogP contribution in [0.2, 0.25) is 5.02 Å². The maximum atomic E-state index is 13.4. The highest BCUT2D eigenvalue weighted by molar-refractivity contribution is 6.30. The van der Waals surface area contributed by atoms with Gasteiger partial charge in [0, 0.05) is 64.1 Å². The summed E-state index contributed by atoms with van der Waals surface area (Å²) in [7, 11) is 4.31. The Labute approximate surface area is 188 Å². The van der Waals surface area contributed by atoms with Crippen LogP contribution in [0.5, 0.6) is 0 Å². The Kier molecular flexibility index (Phi) is 5.46. The molecule has 1 aliphatic rings. The monoisotopic (exact) mass is 457 g/mol. The zero-order valence-electron chi connectivity index (χ0n) is 18.4. The van der Waals surface area contributed by atoms with Gasteiger partial charge in [0.15, 0.2) is 0 Å². The molecule has 10 heteroatoms. The predicted octanol–water partition coefficient (Wildman–Crippen LogP) is 0.860. The number of halogens is 1. The number of aryl methyl sites for hydroxylation is 3. The molecule has 3 heterocycles. The Bertz CT molecular complexity index is 1430. The van der Waals surface area contributed by atoms with Crippen LogP contribution in [0.1, 0.15) is 15.9 Å². The molecule has 1 fully saturated rings.